The number of alkyl halides is 3. The molecule has 8 heteroatoms. The molecule has 0 saturated carbocycles. The molecule has 1 heterocycles. The standard InChI is InChI=1S/C15H16F3NO4/c16-15(17,18)10-4-1-3-9(7-10)8-11(14(21)22)19-13(20)12-5-2-6-23-12/h1,3-4,7,11-12H,2,5-6,8H2,(H,19,20)(H,21,22)/t11-,12-/m1/s1. The maximum atomic E-state index is 12.7. The van der Waals surface area contributed by atoms with Crippen molar-refractivity contribution in [1.29, 1.82) is 0 Å². The van der Waals surface area contributed by atoms with Gasteiger partial charge in [0.25, 0.3) is 0 Å². The second-order valence-electron chi connectivity index (χ2n) is 5.30. The van der Waals surface area contributed by atoms with Crippen LogP contribution in [0.1, 0.15) is 24.0 Å². The molecule has 1 fully saturated rings. The number of carboxylic acid groups (broad SMARTS) is 1. The summed E-state index contributed by atoms with van der Waals surface area (Å²) in [6, 6.07) is 3.08. The molecule has 1 aliphatic heterocycles. The number of aliphatic carboxylic acids is 1. The minimum absolute atomic E-state index is 0.180. The van der Waals surface area contributed by atoms with E-state index in [1.54, 1.807) is 0 Å². The van der Waals surface area contributed by atoms with Gasteiger partial charge in [-0.2, -0.15) is 13.2 Å². The Morgan fingerprint density at radius 1 is 1.39 bits per heavy atom. The third-order valence-electron chi connectivity index (χ3n) is 3.53. The molecule has 0 spiro atoms. The predicted molar refractivity (Wildman–Crippen MR) is 73.7 cm³/mol. The average molecular weight is 331 g/mol. The lowest BCUT2D eigenvalue weighted by molar-refractivity contribution is -0.143. The van der Waals surface area contributed by atoms with Crippen molar-refractivity contribution in [2.45, 2.75) is 37.6 Å². The van der Waals surface area contributed by atoms with E-state index in [-0.39, 0.29) is 12.0 Å². The number of halogens is 3. The molecule has 0 bridgehead atoms. The Morgan fingerprint density at radius 2 is 2.13 bits per heavy atom. The highest BCUT2D eigenvalue weighted by Gasteiger charge is 2.31. The first-order valence-electron chi connectivity index (χ1n) is 7.08. The first-order chi connectivity index (χ1) is 10.8. The Morgan fingerprint density at radius 3 is 2.70 bits per heavy atom. The second kappa shape index (κ2) is 6.99. The molecule has 1 aromatic rings. The fourth-order valence-electron chi connectivity index (χ4n) is 2.36. The lowest BCUT2D eigenvalue weighted by Gasteiger charge is -2.18. The summed E-state index contributed by atoms with van der Waals surface area (Å²) in [4.78, 5) is 23.2. The molecule has 126 valence electrons. The molecule has 0 radical (unpaired) electrons. The van der Waals surface area contributed by atoms with Crippen LogP contribution in [0, 0.1) is 0 Å². The zero-order valence-electron chi connectivity index (χ0n) is 12.1. The summed E-state index contributed by atoms with van der Waals surface area (Å²) < 4.78 is 43.2. The molecule has 23 heavy (non-hydrogen) atoms. The SMILES string of the molecule is O=C(O)[C@@H](Cc1cccc(C(F)(F)F)c1)NC(=O)[C@H]1CCCO1. The summed E-state index contributed by atoms with van der Waals surface area (Å²) in [5, 5.41) is 11.5. The maximum Gasteiger partial charge on any atom is 0.416 e. The summed E-state index contributed by atoms with van der Waals surface area (Å²) in [6.45, 7) is 0.434. The van der Waals surface area contributed by atoms with Gasteiger partial charge in [0.2, 0.25) is 5.91 Å². The largest absolute Gasteiger partial charge is 0.480 e. The first kappa shape index (κ1) is 17.3. The quantitative estimate of drug-likeness (QED) is 0.865. The van der Waals surface area contributed by atoms with Crippen molar-refractivity contribution in [3.63, 3.8) is 0 Å². The van der Waals surface area contributed by atoms with Crippen molar-refractivity contribution in [2.75, 3.05) is 6.61 Å². The molecule has 0 aromatic heterocycles. The van der Waals surface area contributed by atoms with Crippen molar-refractivity contribution in [3.8, 4) is 0 Å². The van der Waals surface area contributed by atoms with Gasteiger partial charge < -0.3 is 15.2 Å². The minimum Gasteiger partial charge on any atom is -0.480 e. The van der Waals surface area contributed by atoms with E-state index >= 15 is 0 Å². The fraction of sp³-hybridized carbons (Fsp3) is 0.467. The molecule has 1 aromatic carbocycles. The normalized spacial score (nSPS) is 19.3. The molecular formula is C15H16F3NO4. The molecule has 0 aliphatic carbocycles. The number of amides is 1. The summed E-state index contributed by atoms with van der Waals surface area (Å²) in [5.41, 5.74) is -0.676. The van der Waals surface area contributed by atoms with Crippen LogP contribution in [0.25, 0.3) is 0 Å². The van der Waals surface area contributed by atoms with Crippen LogP contribution in [0.5, 0.6) is 0 Å². The molecule has 1 amide bonds. The van der Waals surface area contributed by atoms with E-state index in [1.165, 1.54) is 12.1 Å². The van der Waals surface area contributed by atoms with E-state index in [2.05, 4.69) is 5.32 Å². The topological polar surface area (TPSA) is 75.6 Å². The number of hydrogen-bond donors (Lipinski definition) is 2. The van der Waals surface area contributed by atoms with Gasteiger partial charge in [0.1, 0.15) is 12.1 Å². The third-order valence-corrected chi connectivity index (χ3v) is 3.53. The molecule has 2 atom stereocenters. The number of hydrogen-bond acceptors (Lipinski definition) is 3. The Bertz CT molecular complexity index is 582. The van der Waals surface area contributed by atoms with Gasteiger partial charge in [-0.3, -0.25) is 4.79 Å². The first-order valence-corrected chi connectivity index (χ1v) is 7.08. The fourth-order valence-corrected chi connectivity index (χ4v) is 2.36. The second-order valence-corrected chi connectivity index (χ2v) is 5.30. The van der Waals surface area contributed by atoms with Crippen LogP contribution in [-0.4, -0.2) is 35.7 Å². The highest BCUT2D eigenvalue weighted by Crippen LogP contribution is 2.29. The lowest BCUT2D eigenvalue weighted by Crippen LogP contribution is -2.46. The number of carboxylic acids is 1. The van der Waals surface area contributed by atoms with Gasteiger partial charge in [-0.15, -0.1) is 0 Å². The summed E-state index contributed by atoms with van der Waals surface area (Å²) in [5.74, 6) is -1.87. The van der Waals surface area contributed by atoms with E-state index in [0.29, 0.717) is 19.4 Å². The molecular weight excluding hydrogens is 315 g/mol. The van der Waals surface area contributed by atoms with Crippen LogP contribution in [0.2, 0.25) is 0 Å². The Hall–Kier alpha value is -2.09. The number of ether oxygens (including phenoxy) is 1. The highest BCUT2D eigenvalue weighted by atomic mass is 19.4. The minimum atomic E-state index is -4.50. The average Bonchev–Trinajstić information content (AvgIpc) is 3.00. The van der Waals surface area contributed by atoms with Crippen LogP contribution < -0.4 is 5.32 Å². The van der Waals surface area contributed by atoms with E-state index in [1.807, 2.05) is 0 Å². The molecule has 1 aliphatic rings. The van der Waals surface area contributed by atoms with E-state index in [4.69, 9.17) is 4.74 Å². The monoisotopic (exact) mass is 331 g/mol. The van der Waals surface area contributed by atoms with Crippen LogP contribution in [0.4, 0.5) is 13.2 Å². The van der Waals surface area contributed by atoms with Gasteiger partial charge in [-0.25, -0.2) is 4.79 Å². The smallest absolute Gasteiger partial charge is 0.416 e. The van der Waals surface area contributed by atoms with Gasteiger partial charge in [-0.05, 0) is 24.5 Å². The van der Waals surface area contributed by atoms with Gasteiger partial charge in [0.15, 0.2) is 0 Å². The zero-order chi connectivity index (χ0) is 17.0. The van der Waals surface area contributed by atoms with Gasteiger partial charge in [0.05, 0.1) is 5.56 Å². The van der Waals surface area contributed by atoms with Gasteiger partial charge >= 0.3 is 12.1 Å². The summed E-state index contributed by atoms with van der Waals surface area (Å²) in [6.07, 6.45) is -4.23. The number of benzene rings is 1. The summed E-state index contributed by atoms with van der Waals surface area (Å²) >= 11 is 0. The molecule has 0 unspecified atom stereocenters. The van der Waals surface area contributed by atoms with Crippen LogP contribution in [-0.2, 0) is 26.9 Å². The zero-order valence-corrected chi connectivity index (χ0v) is 12.1. The van der Waals surface area contributed by atoms with E-state index in [9.17, 15) is 27.9 Å². The van der Waals surface area contributed by atoms with Crippen molar-refractivity contribution in [2.24, 2.45) is 0 Å². The predicted octanol–water partition coefficient (Wildman–Crippen LogP) is 2.00. The van der Waals surface area contributed by atoms with Crippen LogP contribution >= 0.6 is 0 Å². The Balaban J connectivity index is 2.07. The molecule has 2 N–H and O–H groups in total. The van der Waals surface area contributed by atoms with Gasteiger partial charge in [0, 0.05) is 13.0 Å². The Kier molecular flexibility index (Phi) is 5.25. The van der Waals surface area contributed by atoms with E-state index < -0.39 is 35.8 Å². The van der Waals surface area contributed by atoms with Crippen molar-refractivity contribution in [1.82, 2.24) is 5.32 Å². The van der Waals surface area contributed by atoms with Crippen LogP contribution in [0.15, 0.2) is 24.3 Å². The van der Waals surface area contributed by atoms with E-state index in [0.717, 1.165) is 12.1 Å². The maximum absolute atomic E-state index is 12.7. The summed E-state index contributed by atoms with van der Waals surface area (Å²) in [7, 11) is 0. The number of carbonyl (C=O) groups is 2. The number of rotatable bonds is 5. The van der Waals surface area contributed by atoms with Crippen molar-refractivity contribution in [3.05, 3.63) is 35.4 Å². The molecule has 5 nitrogen and oxygen atoms in total. The third kappa shape index (κ3) is 4.69. The lowest BCUT2D eigenvalue weighted by atomic mass is 10.0. The Labute approximate surface area is 130 Å². The molecule has 2 rings (SSSR count). The highest BCUT2D eigenvalue weighted by molar-refractivity contribution is 5.86. The van der Waals surface area contributed by atoms with Crippen molar-refractivity contribution >= 4 is 11.9 Å². The number of carbonyl (C=O) groups excluding carboxylic acids is 1. The van der Waals surface area contributed by atoms with Crippen molar-refractivity contribution < 1.29 is 32.6 Å². The number of nitrogens with one attached hydrogen (secondary N) is 1. The van der Waals surface area contributed by atoms with Gasteiger partial charge in [-0.1, -0.05) is 18.2 Å². The molecule has 1 saturated heterocycles. The van der Waals surface area contributed by atoms with Crippen LogP contribution in [0.3, 0.4) is 0 Å².